The Morgan fingerprint density at radius 1 is 1.15 bits per heavy atom. The number of nitrogens with one attached hydrogen (secondary N) is 2. The van der Waals surface area contributed by atoms with Crippen LogP contribution in [0, 0.1) is 5.92 Å². The minimum Gasteiger partial charge on any atom is -0.353 e. The van der Waals surface area contributed by atoms with Gasteiger partial charge in [0.05, 0.1) is 28.4 Å². The molecular formula is C28H27ClN4O5S. The van der Waals surface area contributed by atoms with E-state index in [0.717, 1.165) is 9.87 Å². The number of ketones is 1. The summed E-state index contributed by atoms with van der Waals surface area (Å²) in [6.45, 7) is 1.63. The molecule has 39 heavy (non-hydrogen) atoms. The molecule has 3 atom stereocenters. The summed E-state index contributed by atoms with van der Waals surface area (Å²) in [5, 5.41) is 5.90. The zero-order valence-electron chi connectivity index (χ0n) is 21.1. The van der Waals surface area contributed by atoms with Crippen LogP contribution in [0.3, 0.4) is 0 Å². The van der Waals surface area contributed by atoms with E-state index in [1.54, 1.807) is 13.0 Å². The number of halogens is 1. The molecular weight excluding hydrogens is 540 g/mol. The number of anilines is 2. The Hall–Kier alpha value is -3.76. The van der Waals surface area contributed by atoms with Crippen molar-refractivity contribution in [3.63, 3.8) is 0 Å². The zero-order chi connectivity index (χ0) is 27.7. The molecule has 0 spiro atoms. The van der Waals surface area contributed by atoms with Crippen molar-refractivity contribution in [1.82, 2.24) is 10.3 Å². The number of fused-ring (bicyclic) bond motifs is 1. The minimum absolute atomic E-state index is 0.00437. The summed E-state index contributed by atoms with van der Waals surface area (Å²) in [4.78, 5) is 42.4. The van der Waals surface area contributed by atoms with Gasteiger partial charge in [0.2, 0.25) is 11.8 Å². The van der Waals surface area contributed by atoms with Gasteiger partial charge in [0, 0.05) is 29.9 Å². The highest BCUT2D eigenvalue weighted by atomic mass is 35.5. The second-order valence-electron chi connectivity index (χ2n) is 9.81. The lowest BCUT2D eigenvalue weighted by Crippen LogP contribution is -2.45. The molecule has 3 heterocycles. The minimum atomic E-state index is -4.15. The van der Waals surface area contributed by atoms with Gasteiger partial charge in [-0.1, -0.05) is 48.0 Å². The molecule has 0 radical (unpaired) electrons. The SMILES string of the molecule is CC(C(=O)Nc1cnc2c(c1)N(S(=O)(=O)c1cccc(Cl)c1)CC(CC1CCC(=O)N1)C2=O)c1ccccc1. The molecule has 3 unspecified atom stereocenters. The first-order valence-corrected chi connectivity index (χ1v) is 14.4. The number of rotatable bonds is 7. The van der Waals surface area contributed by atoms with Crippen molar-refractivity contribution in [2.24, 2.45) is 5.92 Å². The van der Waals surface area contributed by atoms with E-state index in [9.17, 15) is 22.8 Å². The van der Waals surface area contributed by atoms with E-state index in [2.05, 4.69) is 15.6 Å². The molecule has 11 heteroatoms. The predicted octanol–water partition coefficient (Wildman–Crippen LogP) is 4.15. The van der Waals surface area contributed by atoms with Gasteiger partial charge in [-0.3, -0.25) is 18.7 Å². The number of carbonyl (C=O) groups excluding carboxylic acids is 3. The first-order valence-electron chi connectivity index (χ1n) is 12.6. The lowest BCUT2D eigenvalue weighted by atomic mass is 9.89. The third-order valence-corrected chi connectivity index (χ3v) is 9.14. The van der Waals surface area contributed by atoms with Crippen LogP contribution in [-0.2, 0) is 19.6 Å². The summed E-state index contributed by atoms with van der Waals surface area (Å²) < 4.78 is 28.8. The van der Waals surface area contributed by atoms with E-state index in [4.69, 9.17) is 11.6 Å². The van der Waals surface area contributed by atoms with Crippen LogP contribution in [0.5, 0.6) is 0 Å². The van der Waals surface area contributed by atoms with Crippen LogP contribution in [-0.4, -0.2) is 43.6 Å². The van der Waals surface area contributed by atoms with Gasteiger partial charge in [-0.25, -0.2) is 13.4 Å². The highest BCUT2D eigenvalue weighted by Gasteiger charge is 2.41. The van der Waals surface area contributed by atoms with Crippen molar-refractivity contribution < 1.29 is 22.8 Å². The molecule has 1 aromatic heterocycles. The second-order valence-corrected chi connectivity index (χ2v) is 12.1. The number of aromatic nitrogens is 1. The monoisotopic (exact) mass is 566 g/mol. The maximum Gasteiger partial charge on any atom is 0.264 e. The van der Waals surface area contributed by atoms with Gasteiger partial charge >= 0.3 is 0 Å². The molecule has 0 aliphatic carbocycles. The summed E-state index contributed by atoms with van der Waals surface area (Å²) in [6, 6.07) is 16.4. The standard InChI is InChI=1S/C28H27ClN4O5S/c1-17(18-6-3-2-4-7-18)28(36)32-22-14-24-26(30-15-22)27(35)19(12-21-10-11-25(34)31-21)16-33(24)39(37,38)23-9-5-8-20(29)13-23/h2-9,13-15,17,19,21H,10-12,16H2,1H3,(H,31,34)(H,32,36). The summed E-state index contributed by atoms with van der Waals surface area (Å²) in [5.74, 6) is -1.87. The van der Waals surface area contributed by atoms with E-state index < -0.39 is 21.9 Å². The van der Waals surface area contributed by atoms with E-state index in [-0.39, 0.29) is 57.2 Å². The fourth-order valence-electron chi connectivity index (χ4n) is 4.98. The Bertz CT molecular complexity index is 1550. The van der Waals surface area contributed by atoms with Crippen LogP contribution in [0.2, 0.25) is 5.02 Å². The fraction of sp³-hybridized carbons (Fsp3) is 0.286. The quantitative estimate of drug-likeness (QED) is 0.442. The Morgan fingerprint density at radius 3 is 2.62 bits per heavy atom. The third-order valence-electron chi connectivity index (χ3n) is 7.13. The van der Waals surface area contributed by atoms with Gasteiger partial charge in [-0.2, -0.15) is 0 Å². The lowest BCUT2D eigenvalue weighted by molar-refractivity contribution is -0.119. The molecule has 5 rings (SSSR count). The average molecular weight is 567 g/mol. The van der Waals surface area contributed by atoms with Crippen molar-refractivity contribution in [1.29, 1.82) is 0 Å². The number of carbonyl (C=O) groups is 3. The number of benzene rings is 2. The largest absolute Gasteiger partial charge is 0.353 e. The Kier molecular flexibility index (Phi) is 7.42. The van der Waals surface area contributed by atoms with E-state index in [1.807, 2.05) is 30.3 Å². The maximum absolute atomic E-state index is 13.8. The van der Waals surface area contributed by atoms with Crippen molar-refractivity contribution in [2.45, 2.75) is 43.0 Å². The molecule has 202 valence electrons. The number of sulfonamides is 1. The van der Waals surface area contributed by atoms with Crippen molar-refractivity contribution in [3.05, 3.63) is 83.1 Å². The Balaban J connectivity index is 1.50. The van der Waals surface area contributed by atoms with Gasteiger partial charge in [-0.15, -0.1) is 0 Å². The second kappa shape index (κ2) is 10.8. The Labute approximate surface area is 231 Å². The fourth-order valence-corrected chi connectivity index (χ4v) is 6.79. The summed E-state index contributed by atoms with van der Waals surface area (Å²) >= 11 is 6.09. The van der Waals surface area contributed by atoms with Crippen LogP contribution >= 0.6 is 11.6 Å². The molecule has 1 fully saturated rings. The maximum atomic E-state index is 13.8. The number of hydrogen-bond donors (Lipinski definition) is 2. The molecule has 3 aromatic rings. The van der Waals surface area contributed by atoms with Gasteiger partial charge in [0.25, 0.3) is 10.0 Å². The molecule has 2 N–H and O–H groups in total. The van der Waals surface area contributed by atoms with Crippen molar-refractivity contribution in [3.8, 4) is 0 Å². The number of pyridine rings is 1. The van der Waals surface area contributed by atoms with Gasteiger partial charge in [0.15, 0.2) is 5.78 Å². The number of nitrogens with zero attached hydrogens (tertiary/aromatic N) is 2. The summed E-state index contributed by atoms with van der Waals surface area (Å²) in [6.07, 6.45) is 2.60. The molecule has 0 bridgehead atoms. The summed E-state index contributed by atoms with van der Waals surface area (Å²) in [7, 11) is -4.15. The van der Waals surface area contributed by atoms with Gasteiger partial charge in [0.1, 0.15) is 5.69 Å². The van der Waals surface area contributed by atoms with Gasteiger partial charge < -0.3 is 10.6 Å². The van der Waals surface area contributed by atoms with E-state index >= 15 is 0 Å². The van der Waals surface area contributed by atoms with Crippen molar-refractivity contribution in [2.75, 3.05) is 16.2 Å². The van der Waals surface area contributed by atoms with Crippen LogP contribution in [0.15, 0.2) is 71.8 Å². The average Bonchev–Trinajstić information content (AvgIpc) is 3.34. The van der Waals surface area contributed by atoms with Crippen molar-refractivity contribution >= 4 is 50.6 Å². The number of Topliss-reactive ketones (excluding diaryl/α,β-unsaturated/α-hetero) is 1. The molecule has 2 aliphatic heterocycles. The molecule has 1 saturated heterocycles. The summed E-state index contributed by atoms with van der Waals surface area (Å²) in [5.41, 5.74) is 1.16. The van der Waals surface area contributed by atoms with Crippen LogP contribution in [0.4, 0.5) is 11.4 Å². The molecule has 0 saturated carbocycles. The zero-order valence-corrected chi connectivity index (χ0v) is 22.7. The highest BCUT2D eigenvalue weighted by molar-refractivity contribution is 7.92. The first kappa shape index (κ1) is 26.8. The van der Waals surface area contributed by atoms with E-state index in [1.165, 1.54) is 30.5 Å². The van der Waals surface area contributed by atoms with Gasteiger partial charge in [-0.05, 0) is 49.6 Å². The lowest BCUT2D eigenvalue weighted by Gasteiger charge is -2.34. The highest BCUT2D eigenvalue weighted by Crippen LogP contribution is 2.37. The first-order chi connectivity index (χ1) is 18.6. The number of amides is 2. The molecule has 2 aliphatic rings. The number of hydrogen-bond acceptors (Lipinski definition) is 6. The molecule has 9 nitrogen and oxygen atoms in total. The van der Waals surface area contributed by atoms with Crippen LogP contribution in [0.1, 0.15) is 48.2 Å². The normalized spacial score (nSPS) is 19.8. The molecule has 2 amide bonds. The van der Waals surface area contributed by atoms with Crippen LogP contribution in [0.25, 0.3) is 0 Å². The smallest absolute Gasteiger partial charge is 0.264 e. The third kappa shape index (κ3) is 5.53. The predicted molar refractivity (Wildman–Crippen MR) is 147 cm³/mol. The topological polar surface area (TPSA) is 126 Å². The van der Waals surface area contributed by atoms with Crippen LogP contribution < -0.4 is 14.9 Å². The Morgan fingerprint density at radius 2 is 1.92 bits per heavy atom. The molecule has 2 aromatic carbocycles. The van der Waals surface area contributed by atoms with E-state index in [0.29, 0.717) is 19.3 Å².